The fraction of sp³-hybridized carbons (Fsp3) is 0.333. The summed E-state index contributed by atoms with van der Waals surface area (Å²) in [5.41, 5.74) is 6.28. The van der Waals surface area contributed by atoms with Gasteiger partial charge >= 0.3 is 5.97 Å². The Kier molecular flexibility index (Phi) is 6.62. The molecule has 15 heteroatoms. The molecule has 1 unspecified atom stereocenters. The molecule has 0 spiro atoms. The second-order valence-corrected chi connectivity index (χ2v) is 10.2. The quantitative estimate of drug-likeness (QED) is 0.172. The van der Waals surface area contributed by atoms with Crippen molar-refractivity contribution in [1.29, 1.82) is 0 Å². The van der Waals surface area contributed by atoms with E-state index in [-0.39, 0.29) is 27.5 Å². The third kappa shape index (κ3) is 4.43. The van der Waals surface area contributed by atoms with E-state index in [0.29, 0.717) is 16.5 Å². The number of hydrogen-bond acceptors (Lipinski definition) is 11. The van der Waals surface area contributed by atoms with Gasteiger partial charge in [-0.25, -0.2) is 14.8 Å². The minimum absolute atomic E-state index is 0.0566. The van der Waals surface area contributed by atoms with Crippen LogP contribution in [0.15, 0.2) is 39.4 Å². The molecule has 3 atom stereocenters. The maximum Gasteiger partial charge on any atom is 0.352 e. The van der Waals surface area contributed by atoms with Gasteiger partial charge in [0, 0.05) is 28.8 Å². The first kappa shape index (κ1) is 23.1. The van der Waals surface area contributed by atoms with Crippen molar-refractivity contribution < 1.29 is 24.3 Å². The van der Waals surface area contributed by atoms with Crippen LogP contribution in [0.5, 0.6) is 0 Å². The van der Waals surface area contributed by atoms with Crippen LogP contribution < -0.4 is 11.1 Å². The van der Waals surface area contributed by atoms with E-state index in [1.807, 2.05) is 6.92 Å². The number of H-pyrrole nitrogens is 1. The molecule has 0 aromatic carbocycles. The Bertz CT molecular complexity index is 1150. The van der Waals surface area contributed by atoms with Gasteiger partial charge in [0.1, 0.15) is 29.9 Å². The molecule has 0 saturated carbocycles. The number of aliphatic carboxylic acids is 1. The number of oxime groups is 1. The Balaban J connectivity index is 1.52. The normalized spacial score (nSPS) is 21.3. The maximum absolute atomic E-state index is 12.9. The van der Waals surface area contributed by atoms with Crippen molar-refractivity contribution in [1.82, 2.24) is 25.2 Å². The number of nitrogens with two attached hydrogens (primary N) is 1. The number of nitrogens with zero attached hydrogens (tertiary/aromatic N) is 4. The van der Waals surface area contributed by atoms with Crippen molar-refractivity contribution in [3.63, 3.8) is 0 Å². The number of β-lactam (4-membered cyclic amide) rings is 1. The number of carbonyl (C=O) groups is 3. The lowest BCUT2D eigenvalue weighted by atomic mass is 10.0. The lowest BCUT2D eigenvalue weighted by Gasteiger charge is -2.49. The summed E-state index contributed by atoms with van der Waals surface area (Å²) in [6, 6.07) is -0.913. The number of thiazole rings is 1. The number of anilines is 1. The summed E-state index contributed by atoms with van der Waals surface area (Å²) in [6.07, 6.45) is 3.29. The summed E-state index contributed by atoms with van der Waals surface area (Å²) in [7, 11) is 1.28. The molecule has 0 bridgehead atoms. The molecule has 2 aliphatic rings. The van der Waals surface area contributed by atoms with Gasteiger partial charge in [-0.05, 0) is 12.5 Å². The van der Waals surface area contributed by atoms with Crippen molar-refractivity contribution >= 4 is 63.5 Å². The molecule has 0 radical (unpaired) electrons. The van der Waals surface area contributed by atoms with Crippen LogP contribution in [0, 0.1) is 0 Å². The number of nitrogen functional groups attached to an aromatic ring is 1. The van der Waals surface area contributed by atoms with E-state index in [4.69, 9.17) is 10.6 Å². The zero-order valence-corrected chi connectivity index (χ0v) is 19.8. The highest BCUT2D eigenvalue weighted by Crippen LogP contribution is 2.43. The SMILES string of the molecule is CON=C(C(=O)N[C@@H]1C(=O)N2C(C(=O)O)=C(C(C)Sc3ncc[nH]3)CS[C@@H]12)c1csc(N)n1. The highest BCUT2D eigenvalue weighted by atomic mass is 32.2. The predicted molar refractivity (Wildman–Crippen MR) is 124 cm³/mol. The van der Waals surface area contributed by atoms with Crippen molar-refractivity contribution in [2.75, 3.05) is 18.6 Å². The van der Waals surface area contributed by atoms with Crippen LogP contribution in [0.2, 0.25) is 0 Å². The first-order chi connectivity index (χ1) is 15.8. The zero-order valence-electron chi connectivity index (χ0n) is 17.3. The van der Waals surface area contributed by atoms with Crippen molar-refractivity contribution in [2.45, 2.75) is 28.7 Å². The number of aromatic amines is 1. The molecule has 2 aromatic heterocycles. The third-order valence-electron chi connectivity index (χ3n) is 4.90. The lowest BCUT2D eigenvalue weighted by Crippen LogP contribution is -2.71. The van der Waals surface area contributed by atoms with Crippen LogP contribution in [0.4, 0.5) is 5.13 Å². The number of fused-ring (bicyclic) bond motifs is 1. The first-order valence-electron chi connectivity index (χ1n) is 9.52. The second-order valence-electron chi connectivity index (χ2n) is 6.89. The molecule has 174 valence electrons. The molecule has 1 fully saturated rings. The van der Waals surface area contributed by atoms with Gasteiger partial charge in [0.15, 0.2) is 16.0 Å². The maximum atomic E-state index is 12.9. The minimum atomic E-state index is -1.19. The summed E-state index contributed by atoms with van der Waals surface area (Å²) in [4.78, 5) is 54.9. The van der Waals surface area contributed by atoms with Gasteiger partial charge in [0.25, 0.3) is 11.8 Å². The van der Waals surface area contributed by atoms with Crippen LogP contribution in [-0.2, 0) is 19.2 Å². The molecular weight excluding hydrogens is 490 g/mol. The third-order valence-corrected chi connectivity index (χ3v) is 7.96. The smallest absolute Gasteiger partial charge is 0.352 e. The average molecular weight is 510 g/mol. The van der Waals surface area contributed by atoms with Crippen molar-refractivity contribution in [3.8, 4) is 0 Å². The predicted octanol–water partition coefficient (Wildman–Crippen LogP) is 0.718. The molecule has 12 nitrogen and oxygen atoms in total. The largest absolute Gasteiger partial charge is 0.477 e. The number of hydrogen-bond donors (Lipinski definition) is 4. The van der Waals surface area contributed by atoms with Crippen molar-refractivity contribution in [3.05, 3.63) is 34.7 Å². The molecule has 5 N–H and O–H groups in total. The Hall–Kier alpha value is -3.04. The van der Waals surface area contributed by atoms with Gasteiger partial charge in [-0.1, -0.05) is 16.9 Å². The highest BCUT2D eigenvalue weighted by molar-refractivity contribution is 8.01. The number of carboxylic acid groups (broad SMARTS) is 1. The molecule has 2 aliphatic heterocycles. The van der Waals surface area contributed by atoms with E-state index in [2.05, 4.69) is 25.4 Å². The minimum Gasteiger partial charge on any atom is -0.477 e. The van der Waals surface area contributed by atoms with Crippen molar-refractivity contribution in [2.24, 2.45) is 5.16 Å². The van der Waals surface area contributed by atoms with Gasteiger partial charge in [-0.2, -0.15) is 0 Å². The van der Waals surface area contributed by atoms with E-state index in [9.17, 15) is 19.5 Å². The van der Waals surface area contributed by atoms with E-state index < -0.39 is 29.2 Å². The second kappa shape index (κ2) is 9.44. The van der Waals surface area contributed by atoms with E-state index in [0.717, 1.165) is 11.3 Å². The highest BCUT2D eigenvalue weighted by Gasteiger charge is 2.55. The van der Waals surface area contributed by atoms with E-state index in [1.165, 1.54) is 35.5 Å². The summed E-state index contributed by atoms with van der Waals surface area (Å²) in [5.74, 6) is -1.99. The van der Waals surface area contributed by atoms with Gasteiger partial charge in [-0.3, -0.25) is 14.5 Å². The Morgan fingerprint density at radius 2 is 2.30 bits per heavy atom. The van der Waals surface area contributed by atoms with E-state index >= 15 is 0 Å². The molecule has 2 amide bonds. The van der Waals surface area contributed by atoms with Gasteiger partial charge in [0.05, 0.1) is 0 Å². The molecular formula is C18H19N7O5S3. The molecule has 0 aliphatic carbocycles. The first-order valence-corrected chi connectivity index (χ1v) is 12.3. The summed E-state index contributed by atoms with van der Waals surface area (Å²) >= 11 is 3.89. The van der Waals surface area contributed by atoms with Crippen LogP contribution in [-0.4, -0.2) is 78.0 Å². The van der Waals surface area contributed by atoms with Crippen LogP contribution in [0.3, 0.4) is 0 Å². The fourth-order valence-corrected chi connectivity index (χ4v) is 6.46. The Morgan fingerprint density at radius 1 is 1.52 bits per heavy atom. The Morgan fingerprint density at radius 3 is 2.91 bits per heavy atom. The topological polar surface area (TPSA) is 176 Å². The number of amides is 2. The number of thioether (sulfide) groups is 2. The molecule has 4 rings (SSSR count). The summed E-state index contributed by atoms with van der Waals surface area (Å²) in [5, 5.41) is 17.9. The number of rotatable bonds is 8. The Labute approximate surface area is 200 Å². The summed E-state index contributed by atoms with van der Waals surface area (Å²) < 4.78 is 0. The summed E-state index contributed by atoms with van der Waals surface area (Å²) in [6.45, 7) is 1.86. The molecule has 33 heavy (non-hydrogen) atoms. The molecule has 4 heterocycles. The van der Waals surface area contributed by atoms with E-state index in [1.54, 1.807) is 17.8 Å². The van der Waals surface area contributed by atoms with Gasteiger partial charge in [0.2, 0.25) is 0 Å². The zero-order chi connectivity index (χ0) is 23.7. The van der Waals surface area contributed by atoms with Gasteiger partial charge < -0.3 is 26.0 Å². The van der Waals surface area contributed by atoms with Crippen LogP contribution in [0.25, 0.3) is 0 Å². The number of carboxylic acids is 1. The molecule has 2 aromatic rings. The monoisotopic (exact) mass is 509 g/mol. The van der Waals surface area contributed by atoms with Gasteiger partial charge in [-0.15, -0.1) is 23.1 Å². The number of nitrogens with one attached hydrogen (secondary N) is 2. The number of imidazole rings is 1. The fourth-order valence-electron chi connectivity index (χ4n) is 3.41. The standard InChI is InChI=1S/C18H19N7O5S3/c1-7(33-18-20-3-4-21-18)8-5-31-15-11(14(27)25(15)12(8)16(28)29)23-13(26)10(24-30-2)9-6-32-17(19)22-9/h3-4,6-7,11,15H,5H2,1-2H3,(H2,19,22)(H,20,21)(H,23,26)(H,28,29)/t7?,11-,15+/m1/s1. The van der Waals surface area contributed by atoms with Crippen LogP contribution in [0.1, 0.15) is 12.6 Å². The number of aromatic nitrogens is 3. The average Bonchev–Trinajstić information content (AvgIpc) is 3.45. The molecule has 1 saturated heterocycles. The lowest BCUT2D eigenvalue weighted by molar-refractivity contribution is -0.150. The number of carbonyl (C=O) groups excluding carboxylic acids is 2. The van der Waals surface area contributed by atoms with Crippen LogP contribution >= 0.6 is 34.9 Å².